The quantitative estimate of drug-likeness (QED) is 0.642. The van der Waals surface area contributed by atoms with E-state index in [9.17, 15) is 4.79 Å². The van der Waals surface area contributed by atoms with E-state index in [1.165, 1.54) is 49.7 Å². The number of hydrogen-bond acceptors (Lipinski definition) is 1. The minimum atomic E-state index is -0.0836. The van der Waals surface area contributed by atoms with Gasteiger partial charge in [-0.1, -0.05) is 56.0 Å². The lowest BCUT2D eigenvalue weighted by molar-refractivity contribution is -0.149. The Labute approximate surface area is 159 Å². The van der Waals surface area contributed by atoms with Gasteiger partial charge >= 0.3 is 0 Å². The maximum absolute atomic E-state index is 13.2. The van der Waals surface area contributed by atoms with Crippen molar-refractivity contribution in [1.29, 1.82) is 0 Å². The summed E-state index contributed by atoms with van der Waals surface area (Å²) >= 11 is 0. The van der Waals surface area contributed by atoms with Gasteiger partial charge in [0.25, 0.3) is 0 Å². The van der Waals surface area contributed by atoms with Crippen molar-refractivity contribution in [3.63, 3.8) is 0 Å². The van der Waals surface area contributed by atoms with Crippen molar-refractivity contribution in [3.05, 3.63) is 35.4 Å². The zero-order valence-electron chi connectivity index (χ0n) is 16.7. The van der Waals surface area contributed by atoms with Crippen LogP contribution in [0.4, 0.5) is 0 Å². The smallest absolute Gasteiger partial charge is 0.226 e. The van der Waals surface area contributed by atoms with E-state index in [0.717, 1.165) is 44.1 Å². The molecule has 0 aromatic heterocycles. The number of nitrogens with one attached hydrogen (secondary N) is 1. The van der Waals surface area contributed by atoms with Crippen molar-refractivity contribution < 1.29 is 4.79 Å². The number of amides is 1. The van der Waals surface area contributed by atoms with Crippen LogP contribution in [0.5, 0.6) is 0 Å². The summed E-state index contributed by atoms with van der Waals surface area (Å²) in [5, 5.41) is 3.34. The Morgan fingerprint density at radius 1 is 1.04 bits per heavy atom. The first-order chi connectivity index (χ1) is 12.6. The van der Waals surface area contributed by atoms with Crippen LogP contribution in [-0.4, -0.2) is 12.5 Å². The van der Waals surface area contributed by atoms with Gasteiger partial charge in [0, 0.05) is 6.54 Å². The highest BCUT2D eigenvalue weighted by molar-refractivity contribution is 5.83. The molecular weight excluding hydrogens is 318 g/mol. The highest BCUT2D eigenvalue weighted by Crippen LogP contribution is 2.65. The molecule has 1 aromatic carbocycles. The lowest BCUT2D eigenvalue weighted by Crippen LogP contribution is -2.59. The summed E-state index contributed by atoms with van der Waals surface area (Å²) in [6, 6.07) is 9.21. The van der Waals surface area contributed by atoms with Crippen molar-refractivity contribution in [3.8, 4) is 0 Å². The van der Waals surface area contributed by atoms with Gasteiger partial charge in [-0.25, -0.2) is 0 Å². The number of carbonyl (C=O) groups is 1. The molecule has 1 amide bonds. The molecular formula is C24H35NO. The van der Waals surface area contributed by atoms with Crippen LogP contribution in [0.3, 0.4) is 0 Å². The SMILES string of the molecule is CCCCCCNC(=O)C12C[C@H]3C[C@@H](C1)CC(c1ccc(C)cc1)(C3)C2. The fourth-order valence-electron chi connectivity index (χ4n) is 6.71. The standard InChI is InChI=1S/C24H35NO/c1-3-4-5-6-11-25-22(26)24-15-19-12-20(16-24)14-23(13-19,17-24)21-9-7-18(2)8-10-21/h7-10,19-20H,3-6,11-17H2,1-2H3,(H,25,26)/t19-,20+,23?,24?. The van der Waals surface area contributed by atoms with Crippen LogP contribution in [0.2, 0.25) is 0 Å². The second-order valence-electron chi connectivity index (χ2n) is 9.70. The molecule has 0 radical (unpaired) electrons. The second kappa shape index (κ2) is 7.02. The first-order valence-corrected chi connectivity index (χ1v) is 10.9. The Bertz CT molecular complexity index is 633. The van der Waals surface area contributed by atoms with Crippen molar-refractivity contribution in [2.24, 2.45) is 17.3 Å². The van der Waals surface area contributed by atoms with Crippen LogP contribution in [-0.2, 0) is 10.2 Å². The van der Waals surface area contributed by atoms with E-state index in [-0.39, 0.29) is 10.8 Å². The number of carbonyl (C=O) groups excluding carboxylic acids is 1. The van der Waals surface area contributed by atoms with E-state index in [1.54, 1.807) is 0 Å². The van der Waals surface area contributed by atoms with Crippen LogP contribution in [0.1, 0.15) is 82.3 Å². The van der Waals surface area contributed by atoms with E-state index in [2.05, 4.69) is 43.4 Å². The number of rotatable bonds is 7. The van der Waals surface area contributed by atoms with Crippen LogP contribution in [0.15, 0.2) is 24.3 Å². The first-order valence-electron chi connectivity index (χ1n) is 10.9. The van der Waals surface area contributed by atoms with E-state index < -0.39 is 0 Å². The lowest BCUT2D eigenvalue weighted by atomic mass is 9.42. The molecule has 0 aliphatic heterocycles. The molecule has 2 unspecified atom stereocenters. The van der Waals surface area contributed by atoms with E-state index in [1.807, 2.05) is 0 Å². The van der Waals surface area contributed by atoms with Crippen LogP contribution < -0.4 is 5.32 Å². The van der Waals surface area contributed by atoms with Gasteiger partial charge in [0.1, 0.15) is 0 Å². The highest BCUT2D eigenvalue weighted by Gasteiger charge is 2.60. The molecule has 4 aliphatic carbocycles. The Morgan fingerprint density at radius 2 is 1.73 bits per heavy atom. The normalized spacial score (nSPS) is 34.8. The van der Waals surface area contributed by atoms with Gasteiger partial charge in [-0.2, -0.15) is 0 Å². The summed E-state index contributed by atoms with van der Waals surface area (Å²) in [4.78, 5) is 13.2. The van der Waals surface area contributed by atoms with Crippen molar-refractivity contribution in [2.45, 2.75) is 83.5 Å². The van der Waals surface area contributed by atoms with Gasteiger partial charge < -0.3 is 5.32 Å². The molecule has 2 nitrogen and oxygen atoms in total. The second-order valence-corrected chi connectivity index (χ2v) is 9.70. The maximum Gasteiger partial charge on any atom is 0.226 e. The molecule has 4 fully saturated rings. The van der Waals surface area contributed by atoms with Crippen molar-refractivity contribution in [1.82, 2.24) is 5.32 Å². The zero-order valence-corrected chi connectivity index (χ0v) is 16.7. The molecule has 0 heterocycles. The Morgan fingerprint density at radius 3 is 2.38 bits per heavy atom. The third-order valence-electron chi connectivity index (χ3n) is 7.52. The van der Waals surface area contributed by atoms with Crippen LogP contribution in [0.25, 0.3) is 0 Å². The average Bonchev–Trinajstić information content (AvgIpc) is 2.60. The van der Waals surface area contributed by atoms with Gasteiger partial charge in [0.2, 0.25) is 5.91 Å². The Kier molecular flexibility index (Phi) is 4.88. The van der Waals surface area contributed by atoms with E-state index in [4.69, 9.17) is 0 Å². The molecule has 1 aromatic rings. The summed E-state index contributed by atoms with van der Waals surface area (Å²) < 4.78 is 0. The van der Waals surface area contributed by atoms with Crippen molar-refractivity contribution >= 4 is 5.91 Å². The summed E-state index contributed by atoms with van der Waals surface area (Å²) in [5.41, 5.74) is 3.01. The monoisotopic (exact) mass is 353 g/mol. The molecule has 142 valence electrons. The molecule has 4 aliphatic rings. The topological polar surface area (TPSA) is 29.1 Å². The number of unbranched alkanes of at least 4 members (excludes halogenated alkanes) is 3. The molecule has 0 saturated heterocycles. The molecule has 4 saturated carbocycles. The minimum absolute atomic E-state index is 0.0836. The van der Waals surface area contributed by atoms with Gasteiger partial charge in [-0.15, -0.1) is 0 Å². The predicted molar refractivity (Wildman–Crippen MR) is 107 cm³/mol. The van der Waals surface area contributed by atoms with E-state index in [0.29, 0.717) is 5.91 Å². The number of aryl methyl sites for hydroxylation is 1. The summed E-state index contributed by atoms with van der Waals surface area (Å²) in [6.07, 6.45) is 12.2. The van der Waals surface area contributed by atoms with Crippen LogP contribution >= 0.6 is 0 Å². The third-order valence-corrected chi connectivity index (χ3v) is 7.52. The lowest BCUT2D eigenvalue weighted by Gasteiger charge is -2.61. The van der Waals surface area contributed by atoms with E-state index >= 15 is 0 Å². The first kappa shape index (κ1) is 18.1. The Balaban J connectivity index is 1.51. The molecule has 4 atom stereocenters. The molecule has 0 spiro atoms. The minimum Gasteiger partial charge on any atom is -0.356 e. The Hall–Kier alpha value is -1.31. The highest BCUT2D eigenvalue weighted by atomic mass is 16.2. The summed E-state index contributed by atoms with van der Waals surface area (Å²) in [6.45, 7) is 5.27. The molecule has 1 N–H and O–H groups in total. The molecule has 4 bridgehead atoms. The van der Waals surface area contributed by atoms with Gasteiger partial charge in [0.05, 0.1) is 5.41 Å². The molecule has 2 heteroatoms. The maximum atomic E-state index is 13.2. The zero-order chi connectivity index (χ0) is 18.2. The summed E-state index contributed by atoms with van der Waals surface area (Å²) in [5.74, 6) is 1.88. The fourth-order valence-corrected chi connectivity index (χ4v) is 6.71. The average molecular weight is 354 g/mol. The fraction of sp³-hybridized carbons (Fsp3) is 0.708. The number of hydrogen-bond donors (Lipinski definition) is 1. The summed E-state index contributed by atoms with van der Waals surface area (Å²) in [7, 11) is 0. The number of benzene rings is 1. The van der Waals surface area contributed by atoms with Crippen LogP contribution in [0, 0.1) is 24.2 Å². The third kappa shape index (κ3) is 3.21. The molecule has 26 heavy (non-hydrogen) atoms. The predicted octanol–water partition coefficient (Wildman–Crippen LogP) is 5.53. The van der Waals surface area contributed by atoms with Crippen molar-refractivity contribution in [2.75, 3.05) is 6.54 Å². The molecule has 5 rings (SSSR count). The van der Waals surface area contributed by atoms with Gasteiger partial charge in [-0.05, 0) is 74.7 Å². The largest absolute Gasteiger partial charge is 0.356 e. The van der Waals surface area contributed by atoms with Gasteiger partial charge in [0.15, 0.2) is 0 Å². The van der Waals surface area contributed by atoms with Gasteiger partial charge in [-0.3, -0.25) is 4.79 Å².